The molecule has 1 atom stereocenters. The van der Waals surface area contributed by atoms with Crippen molar-refractivity contribution in [2.24, 2.45) is 0 Å². The van der Waals surface area contributed by atoms with E-state index in [9.17, 15) is 9.59 Å². The molecule has 0 aromatic heterocycles. The Hall–Kier alpha value is -1.14. The third-order valence-electron chi connectivity index (χ3n) is 3.08. The molecule has 104 valence electrons. The van der Waals surface area contributed by atoms with Gasteiger partial charge in [0.25, 0.3) is 0 Å². The Balaban J connectivity index is 2.38. The van der Waals surface area contributed by atoms with Crippen molar-refractivity contribution in [3.63, 3.8) is 0 Å². The third kappa shape index (κ3) is 5.01. The molecular formula is C12H22N2O4. The molecule has 0 aliphatic carbocycles. The molecule has 1 unspecified atom stereocenters. The van der Waals surface area contributed by atoms with Crippen molar-refractivity contribution in [1.82, 2.24) is 10.2 Å². The van der Waals surface area contributed by atoms with E-state index in [-0.39, 0.29) is 31.7 Å². The maximum absolute atomic E-state index is 11.6. The summed E-state index contributed by atoms with van der Waals surface area (Å²) in [7, 11) is 0. The number of rotatable bonds is 5. The van der Waals surface area contributed by atoms with Gasteiger partial charge in [-0.05, 0) is 32.7 Å². The first-order valence-corrected chi connectivity index (χ1v) is 6.49. The second kappa shape index (κ2) is 8.05. The first-order valence-electron chi connectivity index (χ1n) is 6.49. The number of nitrogens with zero attached hydrogens (tertiary/aromatic N) is 1. The fourth-order valence-corrected chi connectivity index (χ4v) is 2.25. The number of nitrogens with one attached hydrogen (secondary N) is 1. The van der Waals surface area contributed by atoms with Crippen molar-refractivity contribution in [1.29, 1.82) is 0 Å². The van der Waals surface area contributed by atoms with Gasteiger partial charge in [-0.1, -0.05) is 6.42 Å². The summed E-state index contributed by atoms with van der Waals surface area (Å²) < 4.78 is 4.65. The van der Waals surface area contributed by atoms with Crippen molar-refractivity contribution >= 4 is 12.0 Å². The average molecular weight is 258 g/mol. The van der Waals surface area contributed by atoms with Gasteiger partial charge in [0.1, 0.15) is 0 Å². The molecule has 18 heavy (non-hydrogen) atoms. The second-order valence-corrected chi connectivity index (χ2v) is 4.40. The summed E-state index contributed by atoms with van der Waals surface area (Å²) in [6.45, 7) is 3.08. The summed E-state index contributed by atoms with van der Waals surface area (Å²) in [5.74, 6) is -0.349. The van der Waals surface area contributed by atoms with Gasteiger partial charge in [0.15, 0.2) is 0 Å². The van der Waals surface area contributed by atoms with E-state index < -0.39 is 6.09 Å². The van der Waals surface area contributed by atoms with Crippen LogP contribution in [0.2, 0.25) is 0 Å². The number of likely N-dealkylation sites (tertiary alicyclic amines) is 1. The molecule has 1 fully saturated rings. The van der Waals surface area contributed by atoms with Crippen LogP contribution in [0.4, 0.5) is 4.79 Å². The predicted molar refractivity (Wildman–Crippen MR) is 66.1 cm³/mol. The molecule has 0 radical (unpaired) electrons. The largest absolute Gasteiger partial charge is 0.450 e. The molecule has 1 aliphatic rings. The SMILES string of the molecule is CCOC(=O)NC(=O)CN1CCCCC1CCO. The van der Waals surface area contributed by atoms with Crippen LogP contribution in [0.15, 0.2) is 0 Å². The van der Waals surface area contributed by atoms with Crippen LogP contribution in [0.1, 0.15) is 32.6 Å². The minimum absolute atomic E-state index is 0.126. The normalized spacial score (nSPS) is 20.4. The van der Waals surface area contributed by atoms with E-state index in [0.29, 0.717) is 6.42 Å². The molecule has 6 nitrogen and oxygen atoms in total. The summed E-state index contributed by atoms with van der Waals surface area (Å²) in [6, 6.07) is 0.233. The number of ether oxygens (including phenoxy) is 1. The third-order valence-corrected chi connectivity index (χ3v) is 3.08. The van der Waals surface area contributed by atoms with E-state index in [4.69, 9.17) is 5.11 Å². The Bertz CT molecular complexity index is 281. The van der Waals surface area contributed by atoms with Crippen molar-refractivity contribution in [3.8, 4) is 0 Å². The quantitative estimate of drug-likeness (QED) is 0.750. The van der Waals surface area contributed by atoms with Crippen LogP contribution in [0, 0.1) is 0 Å². The van der Waals surface area contributed by atoms with Gasteiger partial charge in [-0.25, -0.2) is 4.79 Å². The van der Waals surface area contributed by atoms with Gasteiger partial charge in [0.2, 0.25) is 5.91 Å². The molecule has 0 bridgehead atoms. The van der Waals surface area contributed by atoms with Crippen molar-refractivity contribution in [2.75, 3.05) is 26.3 Å². The lowest BCUT2D eigenvalue weighted by atomic mass is 10.00. The van der Waals surface area contributed by atoms with Gasteiger partial charge in [-0.15, -0.1) is 0 Å². The Morgan fingerprint density at radius 2 is 2.22 bits per heavy atom. The lowest BCUT2D eigenvalue weighted by molar-refractivity contribution is -0.122. The monoisotopic (exact) mass is 258 g/mol. The van der Waals surface area contributed by atoms with Crippen LogP contribution in [-0.4, -0.2) is 54.4 Å². The molecule has 0 aromatic carbocycles. The molecule has 2 N–H and O–H groups in total. The smallest absolute Gasteiger partial charge is 0.413 e. The molecule has 1 saturated heterocycles. The number of alkyl carbamates (subject to hydrolysis) is 1. The minimum atomic E-state index is -0.696. The maximum Gasteiger partial charge on any atom is 0.413 e. The van der Waals surface area contributed by atoms with Crippen molar-refractivity contribution in [3.05, 3.63) is 0 Å². The highest BCUT2D eigenvalue weighted by Gasteiger charge is 2.24. The maximum atomic E-state index is 11.6. The molecule has 0 spiro atoms. The van der Waals surface area contributed by atoms with Crippen LogP contribution in [0.25, 0.3) is 0 Å². The van der Waals surface area contributed by atoms with Gasteiger partial charge < -0.3 is 9.84 Å². The summed E-state index contributed by atoms with van der Waals surface area (Å²) in [5, 5.41) is 11.2. The van der Waals surface area contributed by atoms with Crippen LogP contribution in [0.5, 0.6) is 0 Å². The van der Waals surface area contributed by atoms with E-state index in [0.717, 1.165) is 25.8 Å². The number of carbonyl (C=O) groups excluding carboxylic acids is 2. The Morgan fingerprint density at radius 1 is 1.44 bits per heavy atom. The summed E-state index contributed by atoms with van der Waals surface area (Å²) in [6.07, 6.45) is 3.15. The Kier molecular flexibility index (Phi) is 6.67. The molecule has 0 aromatic rings. The number of amides is 2. The molecule has 6 heteroatoms. The molecule has 1 aliphatic heterocycles. The number of imide groups is 1. The summed E-state index contributed by atoms with van der Waals surface area (Å²) >= 11 is 0. The first kappa shape index (κ1) is 14.9. The van der Waals surface area contributed by atoms with Gasteiger partial charge in [0.05, 0.1) is 13.2 Å². The Morgan fingerprint density at radius 3 is 2.89 bits per heavy atom. The zero-order chi connectivity index (χ0) is 13.4. The predicted octanol–water partition coefficient (Wildman–Crippen LogP) is 0.496. The fraction of sp³-hybridized carbons (Fsp3) is 0.833. The first-order chi connectivity index (χ1) is 8.67. The molecule has 1 rings (SSSR count). The highest BCUT2D eigenvalue weighted by molar-refractivity contribution is 5.92. The van der Waals surface area contributed by atoms with E-state index in [1.54, 1.807) is 6.92 Å². The zero-order valence-electron chi connectivity index (χ0n) is 10.9. The van der Waals surface area contributed by atoms with Gasteiger partial charge >= 0.3 is 6.09 Å². The summed E-state index contributed by atoms with van der Waals surface area (Å²) in [5.41, 5.74) is 0. The summed E-state index contributed by atoms with van der Waals surface area (Å²) in [4.78, 5) is 24.7. The molecular weight excluding hydrogens is 236 g/mol. The van der Waals surface area contributed by atoms with Crippen LogP contribution in [0.3, 0.4) is 0 Å². The van der Waals surface area contributed by atoms with E-state index in [1.165, 1.54) is 0 Å². The Labute approximate surface area is 107 Å². The lowest BCUT2D eigenvalue weighted by Gasteiger charge is -2.34. The zero-order valence-corrected chi connectivity index (χ0v) is 10.9. The average Bonchev–Trinajstić information content (AvgIpc) is 2.32. The van der Waals surface area contributed by atoms with Crippen LogP contribution in [-0.2, 0) is 9.53 Å². The second-order valence-electron chi connectivity index (χ2n) is 4.40. The molecule has 0 saturated carbocycles. The number of hydrogen-bond donors (Lipinski definition) is 2. The van der Waals surface area contributed by atoms with E-state index >= 15 is 0 Å². The van der Waals surface area contributed by atoms with Crippen LogP contribution >= 0.6 is 0 Å². The lowest BCUT2D eigenvalue weighted by Crippen LogP contribution is -2.47. The molecule has 1 heterocycles. The van der Waals surface area contributed by atoms with E-state index in [2.05, 4.69) is 10.1 Å². The number of aliphatic hydroxyl groups is 1. The van der Waals surface area contributed by atoms with E-state index in [1.807, 2.05) is 4.90 Å². The topological polar surface area (TPSA) is 78.9 Å². The molecule has 2 amide bonds. The van der Waals surface area contributed by atoms with Gasteiger partial charge in [0, 0.05) is 12.6 Å². The number of hydrogen-bond acceptors (Lipinski definition) is 5. The number of piperidine rings is 1. The van der Waals surface area contributed by atoms with Crippen molar-refractivity contribution < 1.29 is 19.4 Å². The number of aliphatic hydroxyl groups excluding tert-OH is 1. The van der Waals surface area contributed by atoms with Crippen molar-refractivity contribution in [2.45, 2.75) is 38.6 Å². The van der Waals surface area contributed by atoms with Gasteiger partial charge in [-0.3, -0.25) is 15.0 Å². The highest BCUT2D eigenvalue weighted by atomic mass is 16.5. The number of carbonyl (C=O) groups is 2. The van der Waals surface area contributed by atoms with Crippen LogP contribution < -0.4 is 5.32 Å². The van der Waals surface area contributed by atoms with Gasteiger partial charge in [-0.2, -0.15) is 0 Å². The standard InChI is InChI=1S/C12H22N2O4/c1-2-18-12(17)13-11(16)9-14-7-4-3-5-10(14)6-8-15/h10,15H,2-9H2,1H3,(H,13,16,17). The highest BCUT2D eigenvalue weighted by Crippen LogP contribution is 2.18. The minimum Gasteiger partial charge on any atom is -0.450 e. The fourth-order valence-electron chi connectivity index (χ4n) is 2.25.